The van der Waals surface area contributed by atoms with Gasteiger partial charge in [-0.3, -0.25) is 10.4 Å². The Kier molecular flexibility index (Phi) is 5.06. The minimum absolute atomic E-state index is 0.699. The predicted octanol–water partition coefficient (Wildman–Crippen LogP) is 0.804. The van der Waals surface area contributed by atoms with E-state index in [1.165, 1.54) is 0 Å². The molecule has 0 aliphatic rings. The molecule has 0 saturated heterocycles. The first-order valence-corrected chi connectivity index (χ1v) is 5.81. The second-order valence-corrected chi connectivity index (χ2v) is 3.90. The largest absolute Gasteiger partial charge is 0.339 e. The van der Waals surface area contributed by atoms with Crippen molar-refractivity contribution < 1.29 is 0 Å². The van der Waals surface area contributed by atoms with Crippen LogP contribution in [0.1, 0.15) is 19.0 Å². The molecule has 0 saturated carbocycles. The van der Waals surface area contributed by atoms with Gasteiger partial charge in [0, 0.05) is 19.0 Å². The summed E-state index contributed by atoms with van der Waals surface area (Å²) in [5.74, 6) is 6.10. The molecule has 1 aromatic heterocycles. The Hall–Kier alpha value is -1.14. The predicted molar refractivity (Wildman–Crippen MR) is 63.5 cm³/mol. The van der Waals surface area contributed by atoms with E-state index in [9.17, 15) is 0 Å². The van der Waals surface area contributed by atoms with E-state index in [4.69, 9.17) is 5.84 Å². The van der Waals surface area contributed by atoms with Gasteiger partial charge in [0.2, 0.25) is 5.96 Å². The summed E-state index contributed by atoms with van der Waals surface area (Å²) in [7, 11) is 1.94. The summed E-state index contributed by atoms with van der Waals surface area (Å²) in [6.45, 7) is 3.58. The number of rotatable bonds is 4. The normalized spacial score (nSPS) is 11.5. The lowest BCUT2D eigenvalue weighted by molar-refractivity contribution is 0.471. The highest BCUT2D eigenvalue weighted by molar-refractivity contribution is 7.07. The molecule has 0 radical (unpaired) electrons. The topological polar surface area (TPSA) is 66.5 Å². The fraction of sp³-hybridized carbons (Fsp3) is 0.556. The molecule has 0 spiro atoms. The van der Waals surface area contributed by atoms with E-state index in [-0.39, 0.29) is 0 Å². The lowest BCUT2D eigenvalue weighted by Crippen LogP contribution is -2.42. The molecular formula is C9H17N5S. The molecule has 0 aromatic carbocycles. The van der Waals surface area contributed by atoms with Crippen LogP contribution in [0.5, 0.6) is 0 Å². The van der Waals surface area contributed by atoms with E-state index in [1.807, 2.05) is 22.8 Å². The Bertz CT molecular complexity index is 295. The van der Waals surface area contributed by atoms with Gasteiger partial charge >= 0.3 is 0 Å². The Morgan fingerprint density at radius 1 is 1.73 bits per heavy atom. The molecule has 6 heteroatoms. The molecule has 0 amide bonds. The van der Waals surface area contributed by atoms with Crippen molar-refractivity contribution in [1.29, 1.82) is 0 Å². The fourth-order valence-electron chi connectivity index (χ4n) is 1.13. The van der Waals surface area contributed by atoms with E-state index in [0.29, 0.717) is 5.96 Å². The van der Waals surface area contributed by atoms with Gasteiger partial charge in [0.25, 0.3) is 0 Å². The first-order chi connectivity index (χ1) is 7.27. The number of aromatic nitrogens is 1. The third kappa shape index (κ3) is 3.85. The lowest BCUT2D eigenvalue weighted by atomic mass is 10.4. The number of hydrogen-bond donors (Lipinski definition) is 2. The van der Waals surface area contributed by atoms with Gasteiger partial charge in [-0.15, -0.1) is 11.3 Å². The van der Waals surface area contributed by atoms with Gasteiger partial charge in [-0.2, -0.15) is 0 Å². The molecule has 1 rings (SSSR count). The van der Waals surface area contributed by atoms with Gasteiger partial charge in [0.05, 0.1) is 17.7 Å². The maximum atomic E-state index is 5.40. The second-order valence-electron chi connectivity index (χ2n) is 3.19. The highest BCUT2D eigenvalue weighted by Crippen LogP contribution is 2.03. The summed E-state index contributed by atoms with van der Waals surface area (Å²) in [5.41, 5.74) is 5.45. The first kappa shape index (κ1) is 11.9. The van der Waals surface area contributed by atoms with Crippen LogP contribution in [0.4, 0.5) is 0 Å². The molecule has 0 aliphatic heterocycles. The van der Waals surface area contributed by atoms with Crippen molar-refractivity contribution >= 4 is 17.3 Å². The monoisotopic (exact) mass is 227 g/mol. The Balaban J connectivity index is 2.53. The van der Waals surface area contributed by atoms with Crippen LogP contribution in [0.25, 0.3) is 0 Å². The number of nitrogens with zero attached hydrogens (tertiary/aromatic N) is 3. The summed E-state index contributed by atoms with van der Waals surface area (Å²) < 4.78 is 0. The minimum atomic E-state index is 0.699. The maximum absolute atomic E-state index is 5.40. The summed E-state index contributed by atoms with van der Waals surface area (Å²) in [6, 6.07) is 0. The SMILES string of the molecule is CCCN=C(NN)N(C)Cc1cscn1. The smallest absolute Gasteiger partial charge is 0.208 e. The molecule has 0 atom stereocenters. The second kappa shape index (κ2) is 6.36. The van der Waals surface area contributed by atoms with Crippen molar-refractivity contribution in [3.63, 3.8) is 0 Å². The molecule has 1 heterocycles. The van der Waals surface area contributed by atoms with Crippen LogP contribution >= 0.6 is 11.3 Å². The van der Waals surface area contributed by atoms with Gasteiger partial charge in [-0.25, -0.2) is 10.8 Å². The average molecular weight is 227 g/mol. The molecule has 0 bridgehead atoms. The first-order valence-electron chi connectivity index (χ1n) is 4.87. The third-order valence-corrected chi connectivity index (χ3v) is 2.49. The molecule has 0 unspecified atom stereocenters. The van der Waals surface area contributed by atoms with Crippen LogP contribution in [0.2, 0.25) is 0 Å². The quantitative estimate of drug-likeness (QED) is 0.346. The van der Waals surface area contributed by atoms with E-state index in [2.05, 4.69) is 22.3 Å². The van der Waals surface area contributed by atoms with Crippen LogP contribution in [0.15, 0.2) is 15.9 Å². The number of guanidine groups is 1. The zero-order valence-corrected chi connectivity index (χ0v) is 9.92. The number of hydrazine groups is 1. The highest BCUT2D eigenvalue weighted by atomic mass is 32.1. The van der Waals surface area contributed by atoms with Gasteiger partial charge in [0.1, 0.15) is 0 Å². The van der Waals surface area contributed by atoms with Gasteiger partial charge in [0.15, 0.2) is 0 Å². The molecule has 15 heavy (non-hydrogen) atoms. The van der Waals surface area contributed by atoms with Crippen molar-refractivity contribution in [2.45, 2.75) is 19.9 Å². The van der Waals surface area contributed by atoms with E-state index >= 15 is 0 Å². The van der Waals surface area contributed by atoms with Crippen molar-refractivity contribution in [2.75, 3.05) is 13.6 Å². The fourth-order valence-corrected chi connectivity index (χ4v) is 1.68. The molecular weight excluding hydrogens is 210 g/mol. The van der Waals surface area contributed by atoms with Crippen molar-refractivity contribution in [3.8, 4) is 0 Å². The Morgan fingerprint density at radius 3 is 3.07 bits per heavy atom. The summed E-state index contributed by atoms with van der Waals surface area (Å²) in [6.07, 6.45) is 1.01. The zero-order chi connectivity index (χ0) is 11.1. The molecule has 84 valence electrons. The van der Waals surface area contributed by atoms with Gasteiger partial charge in [-0.05, 0) is 6.42 Å². The van der Waals surface area contributed by atoms with Crippen LogP contribution in [-0.4, -0.2) is 29.4 Å². The summed E-state index contributed by atoms with van der Waals surface area (Å²) in [4.78, 5) is 10.5. The Labute approximate surface area is 94.0 Å². The number of thiazole rings is 1. The van der Waals surface area contributed by atoms with Crippen LogP contribution in [0, 0.1) is 0 Å². The molecule has 1 aromatic rings. The third-order valence-electron chi connectivity index (χ3n) is 1.86. The number of nitrogens with two attached hydrogens (primary N) is 1. The Morgan fingerprint density at radius 2 is 2.53 bits per heavy atom. The number of nitrogens with one attached hydrogen (secondary N) is 1. The highest BCUT2D eigenvalue weighted by Gasteiger charge is 2.06. The van der Waals surface area contributed by atoms with Gasteiger partial charge < -0.3 is 4.90 Å². The van der Waals surface area contributed by atoms with Crippen molar-refractivity contribution in [3.05, 3.63) is 16.6 Å². The molecule has 3 N–H and O–H groups in total. The van der Waals surface area contributed by atoms with Crippen LogP contribution < -0.4 is 11.3 Å². The average Bonchev–Trinajstić information content (AvgIpc) is 2.71. The molecule has 0 aliphatic carbocycles. The summed E-state index contributed by atoms with van der Waals surface area (Å²) in [5, 5.41) is 2.02. The maximum Gasteiger partial charge on any atom is 0.208 e. The summed E-state index contributed by atoms with van der Waals surface area (Å²) >= 11 is 1.59. The zero-order valence-electron chi connectivity index (χ0n) is 9.10. The minimum Gasteiger partial charge on any atom is -0.339 e. The lowest BCUT2D eigenvalue weighted by Gasteiger charge is -2.19. The molecule has 0 fully saturated rings. The van der Waals surface area contributed by atoms with Crippen LogP contribution in [0.3, 0.4) is 0 Å². The molecule has 5 nitrogen and oxygen atoms in total. The van der Waals surface area contributed by atoms with E-state index in [0.717, 1.165) is 25.2 Å². The van der Waals surface area contributed by atoms with Crippen molar-refractivity contribution in [1.82, 2.24) is 15.3 Å². The van der Waals surface area contributed by atoms with Crippen LogP contribution in [-0.2, 0) is 6.54 Å². The standard InChI is InChI=1S/C9H17N5S/c1-3-4-11-9(13-10)14(2)5-8-6-15-7-12-8/h6-7H,3-5,10H2,1-2H3,(H,11,13). The number of hydrogen-bond acceptors (Lipinski definition) is 4. The van der Waals surface area contributed by atoms with E-state index < -0.39 is 0 Å². The van der Waals surface area contributed by atoms with Crippen molar-refractivity contribution in [2.24, 2.45) is 10.8 Å². The van der Waals surface area contributed by atoms with Gasteiger partial charge in [-0.1, -0.05) is 6.92 Å². The number of aliphatic imine (C=N–C) groups is 1. The van der Waals surface area contributed by atoms with E-state index in [1.54, 1.807) is 11.3 Å².